The van der Waals surface area contributed by atoms with Crippen molar-refractivity contribution >= 4 is 15.9 Å². The van der Waals surface area contributed by atoms with E-state index in [0.717, 1.165) is 18.4 Å². The Morgan fingerprint density at radius 1 is 1.13 bits per heavy atom. The van der Waals surface area contributed by atoms with Crippen molar-refractivity contribution in [1.29, 1.82) is 0 Å². The number of ether oxygens (including phenoxy) is 1. The van der Waals surface area contributed by atoms with Crippen molar-refractivity contribution in [2.24, 2.45) is 5.41 Å². The fraction of sp³-hybridized carbons (Fsp3) is 0.391. The molecule has 1 aromatic heterocycles. The fourth-order valence-electron chi connectivity index (χ4n) is 4.24. The molecule has 4 rings (SSSR count). The number of carbonyl (C=O) groups excluding carboxylic acids is 1. The van der Waals surface area contributed by atoms with Crippen LogP contribution in [0.25, 0.3) is 0 Å². The van der Waals surface area contributed by atoms with Crippen LogP contribution in [0.3, 0.4) is 0 Å². The van der Waals surface area contributed by atoms with Gasteiger partial charge in [-0.25, -0.2) is 8.42 Å². The first-order chi connectivity index (χ1) is 15.0. The minimum Gasteiger partial charge on any atom is -0.483 e. The molecule has 1 unspecified atom stereocenters. The SMILES string of the molecule is O=C1COc2ccccc2C/C=C/CC2(CCCN(S(=O)(=O)c3cccnc3)C2)CN1. The predicted molar refractivity (Wildman–Crippen MR) is 117 cm³/mol. The van der Waals surface area contributed by atoms with Crippen LogP contribution in [0, 0.1) is 5.41 Å². The Balaban J connectivity index is 1.57. The van der Waals surface area contributed by atoms with Crippen molar-refractivity contribution in [2.45, 2.75) is 30.6 Å². The first-order valence-electron chi connectivity index (χ1n) is 10.5. The zero-order chi connectivity index (χ0) is 21.7. The van der Waals surface area contributed by atoms with Crippen LogP contribution in [-0.4, -0.2) is 49.9 Å². The van der Waals surface area contributed by atoms with Gasteiger partial charge in [0.1, 0.15) is 10.6 Å². The van der Waals surface area contributed by atoms with E-state index in [1.54, 1.807) is 18.3 Å². The molecule has 2 aliphatic heterocycles. The zero-order valence-electron chi connectivity index (χ0n) is 17.4. The number of hydrogen-bond acceptors (Lipinski definition) is 5. The molecule has 1 atom stereocenters. The average molecular weight is 442 g/mol. The van der Waals surface area contributed by atoms with E-state index in [1.165, 1.54) is 10.5 Å². The van der Waals surface area contributed by atoms with Crippen LogP contribution in [-0.2, 0) is 21.2 Å². The summed E-state index contributed by atoms with van der Waals surface area (Å²) in [6, 6.07) is 10.9. The maximum absolute atomic E-state index is 13.2. The van der Waals surface area contributed by atoms with Crippen LogP contribution in [0.15, 0.2) is 65.8 Å². The molecule has 2 aliphatic rings. The third-order valence-corrected chi connectivity index (χ3v) is 7.77. The van der Waals surface area contributed by atoms with Gasteiger partial charge in [0.05, 0.1) is 0 Å². The molecule has 8 heteroatoms. The number of nitrogens with one attached hydrogen (secondary N) is 1. The molecule has 0 saturated carbocycles. The lowest BCUT2D eigenvalue weighted by Crippen LogP contribution is -2.51. The third-order valence-electron chi connectivity index (χ3n) is 5.95. The summed E-state index contributed by atoms with van der Waals surface area (Å²) in [6.07, 6.45) is 10.1. The number of benzene rings is 1. The molecule has 7 nitrogen and oxygen atoms in total. The highest BCUT2D eigenvalue weighted by molar-refractivity contribution is 7.89. The van der Waals surface area contributed by atoms with Gasteiger partial charge in [-0.05, 0) is 49.4 Å². The van der Waals surface area contributed by atoms with Crippen LogP contribution >= 0.6 is 0 Å². The van der Waals surface area contributed by atoms with Crippen LogP contribution < -0.4 is 10.1 Å². The Kier molecular flexibility index (Phi) is 6.38. The summed E-state index contributed by atoms with van der Waals surface area (Å²) in [6.45, 7) is 1.16. The van der Waals surface area contributed by atoms with Gasteiger partial charge in [0.25, 0.3) is 5.91 Å². The summed E-state index contributed by atoms with van der Waals surface area (Å²) in [5.74, 6) is 0.509. The molecular formula is C23H27N3O4S. The number of allylic oxidation sites excluding steroid dienone is 2. The van der Waals surface area contributed by atoms with Crippen molar-refractivity contribution in [3.8, 4) is 5.75 Å². The molecule has 1 amide bonds. The van der Waals surface area contributed by atoms with Crippen molar-refractivity contribution in [3.05, 3.63) is 66.5 Å². The lowest BCUT2D eigenvalue weighted by molar-refractivity contribution is -0.123. The van der Waals surface area contributed by atoms with Gasteiger partial charge < -0.3 is 10.1 Å². The standard InChI is InChI=1S/C23H27N3O4S/c27-22-16-30-21-10-2-1-7-19(21)8-3-4-11-23(17-25-22)12-6-14-26(18-23)31(28,29)20-9-5-13-24-15-20/h1-5,7,9-10,13,15H,6,8,11-12,14,16-18H2,(H,25,27)/b4-3+. The third kappa shape index (κ3) is 4.97. The second kappa shape index (κ2) is 9.20. The van der Waals surface area contributed by atoms with Crippen molar-refractivity contribution in [1.82, 2.24) is 14.6 Å². The summed E-state index contributed by atoms with van der Waals surface area (Å²) >= 11 is 0. The van der Waals surface area contributed by atoms with Gasteiger partial charge in [0.2, 0.25) is 10.0 Å². The number of pyridine rings is 1. The number of aromatic nitrogens is 1. The van der Waals surface area contributed by atoms with Crippen LogP contribution in [0.1, 0.15) is 24.8 Å². The smallest absolute Gasteiger partial charge is 0.257 e. The molecule has 3 heterocycles. The van der Waals surface area contributed by atoms with Gasteiger partial charge in [0.15, 0.2) is 6.61 Å². The van der Waals surface area contributed by atoms with E-state index < -0.39 is 10.0 Å². The molecule has 0 radical (unpaired) electrons. The molecule has 2 aromatic rings. The Bertz CT molecular complexity index is 1060. The molecule has 1 aromatic carbocycles. The maximum Gasteiger partial charge on any atom is 0.257 e. The minimum atomic E-state index is -3.63. The number of para-hydroxylation sites is 1. The van der Waals surface area contributed by atoms with E-state index in [0.29, 0.717) is 38.2 Å². The number of piperidine rings is 1. The maximum atomic E-state index is 13.2. The van der Waals surface area contributed by atoms with Gasteiger partial charge in [-0.2, -0.15) is 4.31 Å². The second-order valence-corrected chi connectivity index (χ2v) is 10.1. The first kappa shape index (κ1) is 21.5. The fourth-order valence-corrected chi connectivity index (χ4v) is 5.79. The van der Waals surface area contributed by atoms with Gasteiger partial charge in [-0.3, -0.25) is 9.78 Å². The van der Waals surface area contributed by atoms with E-state index in [9.17, 15) is 13.2 Å². The number of nitrogens with zero attached hydrogens (tertiary/aromatic N) is 2. The van der Waals surface area contributed by atoms with Gasteiger partial charge in [0, 0.05) is 37.4 Å². The quantitative estimate of drug-likeness (QED) is 0.724. The second-order valence-electron chi connectivity index (χ2n) is 8.18. The van der Waals surface area contributed by atoms with E-state index in [4.69, 9.17) is 4.74 Å². The van der Waals surface area contributed by atoms with Gasteiger partial charge in [-0.1, -0.05) is 30.4 Å². The largest absolute Gasteiger partial charge is 0.483 e. The normalized spacial score (nSPS) is 24.2. The minimum absolute atomic E-state index is 0.0610. The van der Waals surface area contributed by atoms with Gasteiger partial charge >= 0.3 is 0 Å². The van der Waals surface area contributed by atoms with Crippen molar-refractivity contribution < 1.29 is 17.9 Å². The lowest BCUT2D eigenvalue weighted by atomic mass is 9.77. The molecule has 0 bridgehead atoms. The van der Waals surface area contributed by atoms with Crippen LogP contribution in [0.4, 0.5) is 0 Å². The Morgan fingerprint density at radius 2 is 2.00 bits per heavy atom. The highest BCUT2D eigenvalue weighted by atomic mass is 32.2. The molecule has 1 N–H and O–H groups in total. The summed E-state index contributed by atoms with van der Waals surface area (Å²) in [5, 5.41) is 2.97. The number of rotatable bonds is 2. The molecule has 1 saturated heterocycles. The highest BCUT2D eigenvalue weighted by Gasteiger charge is 2.39. The van der Waals surface area contributed by atoms with Crippen molar-refractivity contribution in [2.75, 3.05) is 26.2 Å². The van der Waals surface area contributed by atoms with E-state index in [1.807, 2.05) is 24.3 Å². The van der Waals surface area contributed by atoms with Crippen LogP contribution in [0.2, 0.25) is 0 Å². The number of fused-ring (bicyclic) bond motifs is 1. The Morgan fingerprint density at radius 3 is 2.84 bits per heavy atom. The Labute approximate surface area is 183 Å². The number of sulfonamides is 1. The molecule has 164 valence electrons. The summed E-state index contributed by atoms with van der Waals surface area (Å²) in [7, 11) is -3.63. The summed E-state index contributed by atoms with van der Waals surface area (Å²) < 4.78 is 33.6. The molecule has 31 heavy (non-hydrogen) atoms. The van der Waals surface area contributed by atoms with Crippen LogP contribution in [0.5, 0.6) is 5.75 Å². The zero-order valence-corrected chi connectivity index (χ0v) is 18.2. The first-order valence-corrected chi connectivity index (χ1v) is 12.0. The molecule has 1 fully saturated rings. The van der Waals surface area contributed by atoms with E-state index in [-0.39, 0.29) is 22.8 Å². The monoisotopic (exact) mass is 441 g/mol. The Hall–Kier alpha value is -2.71. The van der Waals surface area contributed by atoms with Crippen molar-refractivity contribution in [3.63, 3.8) is 0 Å². The molecule has 1 spiro atoms. The van der Waals surface area contributed by atoms with E-state index in [2.05, 4.69) is 22.5 Å². The topological polar surface area (TPSA) is 88.6 Å². The number of hydrogen-bond donors (Lipinski definition) is 1. The number of carbonyl (C=O) groups is 1. The van der Waals surface area contributed by atoms with E-state index >= 15 is 0 Å². The summed E-state index contributed by atoms with van der Waals surface area (Å²) in [4.78, 5) is 16.6. The summed E-state index contributed by atoms with van der Waals surface area (Å²) in [5.41, 5.74) is 0.656. The average Bonchev–Trinajstić information content (AvgIpc) is 2.80. The van der Waals surface area contributed by atoms with Gasteiger partial charge in [-0.15, -0.1) is 0 Å². The molecule has 0 aliphatic carbocycles. The highest BCUT2D eigenvalue weighted by Crippen LogP contribution is 2.36. The lowest BCUT2D eigenvalue weighted by Gasteiger charge is -2.42. The molecular weight excluding hydrogens is 414 g/mol. The number of amides is 1. The predicted octanol–water partition coefficient (Wildman–Crippen LogP) is 2.55.